The van der Waals surface area contributed by atoms with Crippen LogP contribution in [-0.4, -0.2) is 54.1 Å². The third kappa shape index (κ3) is 2.98. The van der Waals surface area contributed by atoms with Crippen LogP contribution in [-0.2, 0) is 0 Å². The molecule has 0 aliphatic carbocycles. The third-order valence-corrected chi connectivity index (χ3v) is 4.18. The molecule has 0 saturated carbocycles. The Bertz CT molecular complexity index is 858. The SMILES string of the molecule is C[C@@]1(O)CN(C(=O)c2ccncn2)CC[C@H]1n1ccc(=O)[nH]c1=O. The van der Waals surface area contributed by atoms with Gasteiger partial charge in [-0.1, -0.05) is 0 Å². The molecule has 9 nitrogen and oxygen atoms in total. The highest BCUT2D eigenvalue weighted by molar-refractivity contribution is 5.92. The number of aliphatic hydroxyl groups is 1. The Balaban J connectivity index is 1.84. The Morgan fingerprint density at radius 1 is 1.42 bits per heavy atom. The lowest BCUT2D eigenvalue weighted by molar-refractivity contribution is -0.0505. The second-order valence-corrected chi connectivity index (χ2v) is 6.00. The van der Waals surface area contributed by atoms with Gasteiger partial charge in [-0.05, 0) is 19.4 Å². The van der Waals surface area contributed by atoms with Crippen LogP contribution in [0.2, 0.25) is 0 Å². The first-order chi connectivity index (χ1) is 11.4. The molecule has 9 heteroatoms. The quantitative estimate of drug-likeness (QED) is 0.740. The molecule has 2 aromatic rings. The van der Waals surface area contributed by atoms with Crippen LogP contribution < -0.4 is 11.2 Å². The van der Waals surface area contributed by atoms with Gasteiger partial charge in [0.1, 0.15) is 17.6 Å². The van der Waals surface area contributed by atoms with Gasteiger partial charge in [0.05, 0.1) is 12.6 Å². The number of H-pyrrole nitrogens is 1. The fourth-order valence-corrected chi connectivity index (χ4v) is 3.02. The molecule has 2 atom stereocenters. The summed E-state index contributed by atoms with van der Waals surface area (Å²) < 4.78 is 1.30. The maximum atomic E-state index is 12.5. The van der Waals surface area contributed by atoms with Crippen molar-refractivity contribution < 1.29 is 9.90 Å². The topological polar surface area (TPSA) is 121 Å². The summed E-state index contributed by atoms with van der Waals surface area (Å²) in [4.78, 5) is 47.0. The van der Waals surface area contributed by atoms with Gasteiger partial charge in [-0.15, -0.1) is 0 Å². The minimum Gasteiger partial charge on any atom is -0.386 e. The Kier molecular flexibility index (Phi) is 4.02. The number of carbonyl (C=O) groups excluding carboxylic acids is 1. The van der Waals surface area contributed by atoms with Crippen LogP contribution >= 0.6 is 0 Å². The van der Waals surface area contributed by atoms with E-state index in [1.807, 2.05) is 0 Å². The molecule has 2 aromatic heterocycles. The minimum atomic E-state index is -1.33. The van der Waals surface area contributed by atoms with Crippen molar-refractivity contribution in [3.05, 3.63) is 57.4 Å². The second-order valence-electron chi connectivity index (χ2n) is 6.00. The van der Waals surface area contributed by atoms with E-state index in [2.05, 4.69) is 15.0 Å². The van der Waals surface area contributed by atoms with E-state index in [9.17, 15) is 19.5 Å². The minimum absolute atomic E-state index is 0.0477. The van der Waals surface area contributed by atoms with Gasteiger partial charge in [0, 0.05) is 25.0 Å². The van der Waals surface area contributed by atoms with Crippen LogP contribution in [0, 0.1) is 0 Å². The van der Waals surface area contributed by atoms with Crippen molar-refractivity contribution in [3.63, 3.8) is 0 Å². The summed E-state index contributed by atoms with van der Waals surface area (Å²) in [5, 5.41) is 10.8. The van der Waals surface area contributed by atoms with E-state index in [0.29, 0.717) is 13.0 Å². The third-order valence-electron chi connectivity index (χ3n) is 4.18. The average molecular weight is 331 g/mol. The van der Waals surface area contributed by atoms with Gasteiger partial charge in [0.25, 0.3) is 11.5 Å². The fraction of sp³-hybridized carbons (Fsp3) is 0.400. The number of hydrogen-bond donors (Lipinski definition) is 2. The number of carbonyl (C=O) groups is 1. The van der Waals surface area contributed by atoms with Gasteiger partial charge in [-0.3, -0.25) is 19.1 Å². The van der Waals surface area contributed by atoms with Gasteiger partial charge in [0.15, 0.2) is 0 Å². The van der Waals surface area contributed by atoms with Crippen LogP contribution in [0.3, 0.4) is 0 Å². The molecule has 2 N–H and O–H groups in total. The molecule has 126 valence electrons. The molecule has 1 saturated heterocycles. The monoisotopic (exact) mass is 331 g/mol. The highest BCUT2D eigenvalue weighted by atomic mass is 16.3. The van der Waals surface area contributed by atoms with Crippen molar-refractivity contribution in [3.8, 4) is 0 Å². The molecule has 1 fully saturated rings. The van der Waals surface area contributed by atoms with Crippen LogP contribution in [0.25, 0.3) is 0 Å². The fourth-order valence-electron chi connectivity index (χ4n) is 3.02. The lowest BCUT2D eigenvalue weighted by atomic mass is 9.88. The van der Waals surface area contributed by atoms with E-state index in [1.54, 1.807) is 6.92 Å². The van der Waals surface area contributed by atoms with Gasteiger partial charge >= 0.3 is 5.69 Å². The standard InChI is InChI=1S/C15H17N5O4/c1-15(24)8-19(13(22)10-2-5-16-9-17-10)6-3-11(15)20-7-4-12(21)18-14(20)23/h2,4-5,7,9,11,24H,3,6,8H2,1H3,(H,18,21,23)/t11-,15-/m1/s1. The Labute approximate surface area is 136 Å². The summed E-state index contributed by atoms with van der Waals surface area (Å²) in [7, 11) is 0. The Morgan fingerprint density at radius 2 is 2.21 bits per heavy atom. The van der Waals surface area contributed by atoms with Crippen LogP contribution in [0.4, 0.5) is 0 Å². The van der Waals surface area contributed by atoms with Crippen molar-refractivity contribution in [2.75, 3.05) is 13.1 Å². The molecule has 1 aliphatic rings. The molecular formula is C15H17N5O4. The molecular weight excluding hydrogens is 314 g/mol. The second kappa shape index (κ2) is 6.00. The van der Waals surface area contributed by atoms with Crippen molar-refractivity contribution in [1.29, 1.82) is 0 Å². The van der Waals surface area contributed by atoms with Crippen molar-refractivity contribution >= 4 is 5.91 Å². The predicted molar refractivity (Wildman–Crippen MR) is 83.5 cm³/mol. The first kappa shape index (κ1) is 16.1. The van der Waals surface area contributed by atoms with E-state index in [-0.39, 0.29) is 18.1 Å². The molecule has 0 radical (unpaired) electrons. The zero-order valence-electron chi connectivity index (χ0n) is 13.0. The maximum Gasteiger partial charge on any atom is 0.328 e. The number of amides is 1. The summed E-state index contributed by atoms with van der Waals surface area (Å²) in [6.45, 7) is 1.97. The van der Waals surface area contributed by atoms with E-state index in [1.165, 1.54) is 40.3 Å². The molecule has 3 rings (SSSR count). The molecule has 1 aliphatic heterocycles. The molecule has 0 spiro atoms. The van der Waals surface area contributed by atoms with E-state index >= 15 is 0 Å². The number of piperidine rings is 1. The van der Waals surface area contributed by atoms with Gasteiger partial charge < -0.3 is 10.0 Å². The van der Waals surface area contributed by atoms with Crippen LogP contribution in [0.1, 0.15) is 29.9 Å². The van der Waals surface area contributed by atoms with Gasteiger partial charge in [-0.25, -0.2) is 14.8 Å². The van der Waals surface area contributed by atoms with Gasteiger partial charge in [0.2, 0.25) is 0 Å². The Morgan fingerprint density at radius 3 is 2.83 bits per heavy atom. The zero-order chi connectivity index (χ0) is 17.3. The number of rotatable bonds is 2. The summed E-state index contributed by atoms with van der Waals surface area (Å²) >= 11 is 0. The molecule has 0 aromatic carbocycles. The number of nitrogens with one attached hydrogen (secondary N) is 1. The molecule has 24 heavy (non-hydrogen) atoms. The summed E-state index contributed by atoms with van der Waals surface area (Å²) in [6.07, 6.45) is 4.50. The smallest absolute Gasteiger partial charge is 0.328 e. The maximum absolute atomic E-state index is 12.5. The highest BCUT2D eigenvalue weighted by Crippen LogP contribution is 2.31. The van der Waals surface area contributed by atoms with E-state index in [4.69, 9.17) is 0 Å². The summed E-state index contributed by atoms with van der Waals surface area (Å²) in [5.74, 6) is -0.301. The van der Waals surface area contributed by atoms with Gasteiger partial charge in [-0.2, -0.15) is 0 Å². The summed E-state index contributed by atoms with van der Waals surface area (Å²) in [5.41, 5.74) is -2.15. The normalized spacial score (nSPS) is 23.9. The lowest BCUT2D eigenvalue weighted by Gasteiger charge is -2.43. The Hall–Kier alpha value is -2.81. The molecule has 0 unspecified atom stereocenters. The first-order valence-electron chi connectivity index (χ1n) is 7.47. The average Bonchev–Trinajstić information content (AvgIpc) is 2.55. The lowest BCUT2D eigenvalue weighted by Crippen LogP contribution is -2.56. The van der Waals surface area contributed by atoms with E-state index in [0.717, 1.165) is 0 Å². The molecule has 3 heterocycles. The van der Waals surface area contributed by atoms with Crippen molar-refractivity contribution in [2.24, 2.45) is 0 Å². The van der Waals surface area contributed by atoms with Crippen LogP contribution in [0.5, 0.6) is 0 Å². The largest absolute Gasteiger partial charge is 0.386 e. The number of nitrogens with zero attached hydrogens (tertiary/aromatic N) is 4. The number of hydrogen-bond acceptors (Lipinski definition) is 6. The van der Waals surface area contributed by atoms with E-state index < -0.39 is 22.9 Å². The number of aromatic amines is 1. The number of aromatic nitrogens is 4. The number of likely N-dealkylation sites (tertiary alicyclic amines) is 1. The van der Waals surface area contributed by atoms with Crippen molar-refractivity contribution in [1.82, 2.24) is 24.4 Å². The van der Waals surface area contributed by atoms with Crippen molar-refractivity contribution in [2.45, 2.75) is 25.0 Å². The predicted octanol–water partition coefficient (Wildman–Crippen LogP) is -0.835. The van der Waals surface area contributed by atoms with Crippen LogP contribution in [0.15, 0.2) is 40.4 Å². The highest BCUT2D eigenvalue weighted by Gasteiger charge is 2.41. The zero-order valence-corrected chi connectivity index (χ0v) is 13.0. The summed E-state index contributed by atoms with van der Waals surface area (Å²) in [6, 6.07) is 2.20. The molecule has 0 bridgehead atoms. The number of β-amino-alcohol motifs (C(OH)–C–C–N with tert-alkyl or cyclic N) is 1. The molecule has 1 amide bonds. The first-order valence-corrected chi connectivity index (χ1v) is 7.47.